The summed E-state index contributed by atoms with van der Waals surface area (Å²) < 4.78 is 5.22. The lowest BCUT2D eigenvalue weighted by Gasteiger charge is -2.28. The summed E-state index contributed by atoms with van der Waals surface area (Å²) in [6.07, 6.45) is 1.12. The number of aliphatic carboxylic acids is 1. The Morgan fingerprint density at radius 3 is 2.76 bits per heavy atom. The van der Waals surface area contributed by atoms with Crippen LogP contribution in [0, 0.1) is 0 Å². The quantitative estimate of drug-likeness (QED) is 0.828. The Hall–Kier alpha value is -2.28. The van der Waals surface area contributed by atoms with Crippen LogP contribution in [0.15, 0.2) is 18.2 Å². The maximum absolute atomic E-state index is 12.9. The van der Waals surface area contributed by atoms with Gasteiger partial charge in [0.25, 0.3) is 5.91 Å². The third-order valence-electron chi connectivity index (χ3n) is 4.23. The van der Waals surface area contributed by atoms with Crippen molar-refractivity contribution >= 4 is 29.4 Å². The molecule has 0 saturated carbocycles. The number of methoxy groups -OCH3 is 1. The number of carboxylic acids is 1. The number of carbonyl (C=O) groups excluding carboxylic acids is 2. The number of likely N-dealkylation sites (tertiary alicyclic amines) is 1. The smallest absolute Gasteiger partial charge is 0.305 e. The van der Waals surface area contributed by atoms with E-state index in [1.54, 1.807) is 19.2 Å². The molecule has 2 rings (SSSR count). The topological polar surface area (TPSA) is 87.2 Å². The highest BCUT2D eigenvalue weighted by Crippen LogP contribution is 2.28. The number of halogens is 1. The lowest BCUT2D eigenvalue weighted by Crippen LogP contribution is -2.47. The highest BCUT2D eigenvalue weighted by molar-refractivity contribution is 6.31. The maximum Gasteiger partial charge on any atom is 0.305 e. The number of nitrogens with zero attached hydrogens (tertiary/aromatic N) is 2. The number of hydrogen-bond donors (Lipinski definition) is 1. The molecule has 7 nitrogen and oxygen atoms in total. The summed E-state index contributed by atoms with van der Waals surface area (Å²) in [7, 11) is 3.01. The van der Waals surface area contributed by atoms with Crippen molar-refractivity contribution in [2.45, 2.75) is 25.3 Å². The van der Waals surface area contributed by atoms with Crippen LogP contribution in [0.3, 0.4) is 0 Å². The Bertz CT molecular complexity index is 679. The average molecular weight is 369 g/mol. The van der Waals surface area contributed by atoms with Crippen LogP contribution in [-0.4, -0.2) is 66.0 Å². The first-order valence-corrected chi connectivity index (χ1v) is 8.34. The zero-order valence-corrected chi connectivity index (χ0v) is 15.0. The number of carbonyl (C=O) groups is 3. The van der Waals surface area contributed by atoms with Crippen LogP contribution in [0.5, 0.6) is 5.75 Å². The molecule has 25 heavy (non-hydrogen) atoms. The molecule has 1 aliphatic rings. The van der Waals surface area contributed by atoms with Gasteiger partial charge in [-0.1, -0.05) is 11.6 Å². The van der Waals surface area contributed by atoms with Crippen LogP contribution in [0.25, 0.3) is 0 Å². The van der Waals surface area contributed by atoms with E-state index in [-0.39, 0.29) is 24.8 Å². The van der Waals surface area contributed by atoms with Gasteiger partial charge in [-0.15, -0.1) is 0 Å². The van der Waals surface area contributed by atoms with Gasteiger partial charge in [-0.2, -0.15) is 0 Å². The average Bonchev–Trinajstić information content (AvgIpc) is 3.07. The van der Waals surface area contributed by atoms with E-state index in [0.29, 0.717) is 35.7 Å². The minimum atomic E-state index is -0.970. The van der Waals surface area contributed by atoms with E-state index in [4.69, 9.17) is 21.4 Å². The molecule has 2 amide bonds. The van der Waals surface area contributed by atoms with E-state index in [0.717, 1.165) is 0 Å². The highest BCUT2D eigenvalue weighted by atomic mass is 35.5. The van der Waals surface area contributed by atoms with Gasteiger partial charge in [0, 0.05) is 25.2 Å². The van der Waals surface area contributed by atoms with Gasteiger partial charge in [-0.25, -0.2) is 0 Å². The van der Waals surface area contributed by atoms with Crippen LogP contribution in [-0.2, 0) is 9.59 Å². The summed E-state index contributed by atoms with van der Waals surface area (Å²) in [6, 6.07) is 4.16. The number of hydrogen-bond acceptors (Lipinski definition) is 4. The SMILES string of the molecule is COc1ccc(Cl)cc1C(=O)N1CCCC1C(=O)N(C)CCC(=O)O. The third-order valence-corrected chi connectivity index (χ3v) is 4.46. The second-order valence-electron chi connectivity index (χ2n) is 5.90. The Kier molecular flexibility index (Phi) is 6.25. The van der Waals surface area contributed by atoms with Crippen molar-refractivity contribution in [1.29, 1.82) is 0 Å². The van der Waals surface area contributed by atoms with E-state index in [1.165, 1.54) is 23.0 Å². The monoisotopic (exact) mass is 368 g/mol. The third kappa shape index (κ3) is 4.42. The second-order valence-corrected chi connectivity index (χ2v) is 6.34. The largest absolute Gasteiger partial charge is 0.496 e. The van der Waals surface area contributed by atoms with Crippen molar-refractivity contribution < 1.29 is 24.2 Å². The summed E-state index contributed by atoms with van der Waals surface area (Å²) in [5.41, 5.74) is 0.308. The molecule has 1 fully saturated rings. The summed E-state index contributed by atoms with van der Waals surface area (Å²) in [4.78, 5) is 39.1. The lowest BCUT2D eigenvalue weighted by atomic mass is 10.1. The number of likely N-dealkylation sites (N-methyl/N-ethyl adjacent to an activating group) is 1. The van der Waals surface area contributed by atoms with Gasteiger partial charge < -0.3 is 19.6 Å². The predicted molar refractivity (Wildman–Crippen MR) is 92.0 cm³/mol. The van der Waals surface area contributed by atoms with Crippen LogP contribution in [0.2, 0.25) is 5.02 Å². The van der Waals surface area contributed by atoms with Gasteiger partial charge in [0.05, 0.1) is 19.1 Å². The van der Waals surface area contributed by atoms with Crippen molar-refractivity contribution in [2.24, 2.45) is 0 Å². The first-order chi connectivity index (χ1) is 11.8. The molecule has 0 bridgehead atoms. The second kappa shape index (κ2) is 8.20. The van der Waals surface area contributed by atoms with E-state index in [9.17, 15) is 14.4 Å². The summed E-state index contributed by atoms with van der Waals surface area (Å²) in [5.74, 6) is -1.15. The fraction of sp³-hybridized carbons (Fsp3) is 0.471. The van der Waals surface area contributed by atoms with E-state index < -0.39 is 12.0 Å². The van der Waals surface area contributed by atoms with Gasteiger partial charge in [0.2, 0.25) is 5.91 Å². The fourth-order valence-corrected chi connectivity index (χ4v) is 3.07. The van der Waals surface area contributed by atoms with Crippen LogP contribution >= 0.6 is 11.6 Å². The number of rotatable bonds is 6. The lowest BCUT2D eigenvalue weighted by molar-refractivity contribution is -0.139. The van der Waals surface area contributed by atoms with Crippen molar-refractivity contribution in [3.63, 3.8) is 0 Å². The zero-order valence-electron chi connectivity index (χ0n) is 14.2. The van der Waals surface area contributed by atoms with Crippen molar-refractivity contribution in [2.75, 3.05) is 27.2 Å². The normalized spacial score (nSPS) is 16.6. The van der Waals surface area contributed by atoms with Crippen molar-refractivity contribution in [1.82, 2.24) is 9.80 Å². The standard InChI is InChI=1S/C17H21ClN2O5/c1-19(9-7-15(21)22)17(24)13-4-3-8-20(13)16(23)12-10-11(18)5-6-14(12)25-2/h5-6,10,13H,3-4,7-9H2,1-2H3,(H,21,22). The minimum absolute atomic E-state index is 0.104. The van der Waals surface area contributed by atoms with Gasteiger partial charge in [-0.3, -0.25) is 14.4 Å². The van der Waals surface area contributed by atoms with Crippen LogP contribution < -0.4 is 4.74 Å². The molecule has 0 aliphatic carbocycles. The van der Waals surface area contributed by atoms with E-state index >= 15 is 0 Å². The van der Waals surface area contributed by atoms with Gasteiger partial charge in [0.1, 0.15) is 11.8 Å². The number of carboxylic acid groups (broad SMARTS) is 1. The molecule has 1 aromatic carbocycles. The number of amides is 2. The van der Waals surface area contributed by atoms with Crippen LogP contribution in [0.1, 0.15) is 29.6 Å². The van der Waals surface area contributed by atoms with Gasteiger partial charge >= 0.3 is 5.97 Å². The van der Waals surface area contributed by atoms with Crippen molar-refractivity contribution in [3.8, 4) is 5.75 Å². The number of ether oxygens (including phenoxy) is 1. The molecular formula is C17H21ClN2O5. The molecule has 0 aromatic heterocycles. The molecule has 1 aliphatic heterocycles. The molecule has 8 heteroatoms. The molecule has 0 radical (unpaired) electrons. The zero-order chi connectivity index (χ0) is 18.6. The predicted octanol–water partition coefficient (Wildman–Crippen LogP) is 1.89. The highest BCUT2D eigenvalue weighted by Gasteiger charge is 2.37. The Morgan fingerprint density at radius 1 is 1.40 bits per heavy atom. The molecule has 1 heterocycles. The molecule has 1 aromatic rings. The molecule has 136 valence electrons. The van der Waals surface area contributed by atoms with E-state index in [2.05, 4.69) is 0 Å². The Balaban J connectivity index is 2.18. The van der Waals surface area contributed by atoms with E-state index in [1.807, 2.05) is 0 Å². The van der Waals surface area contributed by atoms with Crippen molar-refractivity contribution in [3.05, 3.63) is 28.8 Å². The first kappa shape index (κ1) is 19.1. The van der Waals surface area contributed by atoms with Gasteiger partial charge in [0.15, 0.2) is 0 Å². The number of benzene rings is 1. The molecule has 1 saturated heterocycles. The summed E-state index contributed by atoms with van der Waals surface area (Å²) in [5, 5.41) is 9.16. The molecule has 1 atom stereocenters. The van der Waals surface area contributed by atoms with Gasteiger partial charge in [-0.05, 0) is 31.0 Å². The Labute approximate surface area is 151 Å². The van der Waals surface area contributed by atoms with Crippen LogP contribution in [0.4, 0.5) is 0 Å². The maximum atomic E-state index is 12.9. The summed E-state index contributed by atoms with van der Waals surface area (Å²) in [6.45, 7) is 0.560. The summed E-state index contributed by atoms with van der Waals surface area (Å²) >= 11 is 5.99. The molecule has 0 spiro atoms. The fourth-order valence-electron chi connectivity index (χ4n) is 2.90. The minimum Gasteiger partial charge on any atom is -0.496 e. The first-order valence-electron chi connectivity index (χ1n) is 7.96. The molecule has 1 unspecified atom stereocenters. The Morgan fingerprint density at radius 2 is 2.12 bits per heavy atom. The molecule has 1 N–H and O–H groups in total. The molecular weight excluding hydrogens is 348 g/mol.